The van der Waals surface area contributed by atoms with Crippen molar-refractivity contribution >= 4 is 11.8 Å². The van der Waals surface area contributed by atoms with E-state index in [2.05, 4.69) is 25.9 Å². The molecular weight excluding hydrogens is 368 g/mol. The lowest BCUT2D eigenvalue weighted by Gasteiger charge is -2.06. The van der Waals surface area contributed by atoms with Crippen LogP contribution in [0, 0.1) is 0 Å². The van der Waals surface area contributed by atoms with Crippen LogP contribution in [0.4, 0.5) is 0 Å². The normalized spacial score (nSPS) is 10.3. The summed E-state index contributed by atoms with van der Waals surface area (Å²) in [5, 5.41) is 4.55. The van der Waals surface area contributed by atoms with Crippen LogP contribution in [0.15, 0.2) is 85.5 Å². The molecule has 0 saturated carbocycles. The van der Waals surface area contributed by atoms with E-state index in [9.17, 15) is 9.59 Å². The first kappa shape index (κ1) is 18.1. The summed E-state index contributed by atoms with van der Waals surface area (Å²) in [5.74, 6) is -1.02. The highest BCUT2D eigenvalue weighted by atomic mass is 16.2. The Hall–Kier alpha value is -4.33. The number of para-hydroxylation sites is 1. The number of amides is 2. The van der Waals surface area contributed by atoms with Crippen molar-refractivity contribution in [3.05, 3.63) is 96.7 Å². The maximum Gasteiger partial charge on any atom is 0.288 e. The third-order valence-corrected chi connectivity index (χ3v) is 4.10. The molecule has 8 nitrogen and oxygen atoms in total. The Balaban J connectivity index is 1.62. The van der Waals surface area contributed by atoms with Gasteiger partial charge < -0.3 is 0 Å². The van der Waals surface area contributed by atoms with Crippen molar-refractivity contribution in [2.45, 2.75) is 0 Å². The Bertz CT molecular complexity index is 1130. The molecule has 0 bridgehead atoms. The number of hydrogen-bond acceptors (Lipinski definition) is 5. The molecule has 0 spiro atoms. The zero-order valence-corrected chi connectivity index (χ0v) is 15.2. The highest BCUT2D eigenvalue weighted by molar-refractivity contribution is 6.01. The fraction of sp³-hybridized carbons (Fsp3) is 0. The maximum absolute atomic E-state index is 12.8. The lowest BCUT2D eigenvalue weighted by molar-refractivity contribution is 0.0844. The monoisotopic (exact) mass is 384 g/mol. The number of nitrogens with one attached hydrogen (secondary N) is 2. The van der Waals surface area contributed by atoms with Gasteiger partial charge >= 0.3 is 0 Å². The molecule has 0 aliphatic rings. The first-order valence-electron chi connectivity index (χ1n) is 8.79. The lowest BCUT2D eigenvalue weighted by atomic mass is 10.1. The molecule has 0 fully saturated rings. The van der Waals surface area contributed by atoms with E-state index in [0.29, 0.717) is 16.8 Å². The molecule has 3 heterocycles. The quantitative estimate of drug-likeness (QED) is 0.526. The summed E-state index contributed by atoms with van der Waals surface area (Å²) in [7, 11) is 0. The molecule has 0 aliphatic heterocycles. The van der Waals surface area contributed by atoms with Gasteiger partial charge in [-0.3, -0.25) is 30.4 Å². The largest absolute Gasteiger partial charge is 0.288 e. The molecule has 3 aromatic heterocycles. The van der Waals surface area contributed by atoms with E-state index in [1.54, 1.807) is 47.5 Å². The molecule has 142 valence electrons. The second kappa shape index (κ2) is 8.13. The number of hydrazine groups is 1. The number of pyridine rings is 2. The van der Waals surface area contributed by atoms with Gasteiger partial charge in [-0.15, -0.1) is 0 Å². The zero-order valence-electron chi connectivity index (χ0n) is 15.2. The Kier molecular flexibility index (Phi) is 5.06. The van der Waals surface area contributed by atoms with Gasteiger partial charge in [0.05, 0.1) is 11.3 Å². The van der Waals surface area contributed by atoms with Crippen molar-refractivity contribution in [2.24, 2.45) is 0 Å². The van der Waals surface area contributed by atoms with Crippen molar-refractivity contribution in [2.75, 3.05) is 0 Å². The summed E-state index contributed by atoms with van der Waals surface area (Å²) < 4.78 is 1.61. The number of nitrogens with zero attached hydrogens (tertiary/aromatic N) is 4. The van der Waals surface area contributed by atoms with Gasteiger partial charge in [-0.25, -0.2) is 4.68 Å². The molecule has 4 rings (SSSR count). The Labute approximate surface area is 166 Å². The summed E-state index contributed by atoms with van der Waals surface area (Å²) >= 11 is 0. The molecule has 0 radical (unpaired) electrons. The Morgan fingerprint density at radius 3 is 2.34 bits per heavy atom. The number of benzene rings is 1. The third kappa shape index (κ3) is 4.01. The van der Waals surface area contributed by atoms with Crippen LogP contribution in [0.1, 0.15) is 20.8 Å². The van der Waals surface area contributed by atoms with Gasteiger partial charge in [-0.05, 0) is 36.4 Å². The highest BCUT2D eigenvalue weighted by Crippen LogP contribution is 2.22. The minimum absolute atomic E-state index is 0.195. The minimum Gasteiger partial charge on any atom is -0.267 e. The summed E-state index contributed by atoms with van der Waals surface area (Å²) in [6.07, 6.45) is 6.38. The van der Waals surface area contributed by atoms with Crippen molar-refractivity contribution in [1.29, 1.82) is 0 Å². The SMILES string of the molecule is O=C(NNC(=O)c1cn(-c2ccccc2)nc1-c1cccnc1)c1ccccn1. The smallest absolute Gasteiger partial charge is 0.267 e. The summed E-state index contributed by atoms with van der Waals surface area (Å²) in [6.45, 7) is 0. The van der Waals surface area contributed by atoms with E-state index in [1.807, 2.05) is 36.4 Å². The van der Waals surface area contributed by atoms with Crippen LogP contribution in [-0.4, -0.2) is 31.6 Å². The fourth-order valence-corrected chi connectivity index (χ4v) is 2.71. The second-order valence-corrected chi connectivity index (χ2v) is 6.04. The number of aromatic nitrogens is 4. The molecule has 1 aromatic carbocycles. The molecule has 2 N–H and O–H groups in total. The molecule has 0 saturated heterocycles. The molecule has 0 unspecified atom stereocenters. The molecule has 4 aromatic rings. The Morgan fingerprint density at radius 1 is 0.828 bits per heavy atom. The number of carbonyl (C=O) groups excluding carboxylic acids is 2. The number of carbonyl (C=O) groups is 2. The van der Waals surface area contributed by atoms with Crippen molar-refractivity contribution in [3.8, 4) is 16.9 Å². The van der Waals surface area contributed by atoms with Crippen molar-refractivity contribution in [1.82, 2.24) is 30.6 Å². The average Bonchev–Trinajstić information content (AvgIpc) is 3.25. The highest BCUT2D eigenvalue weighted by Gasteiger charge is 2.19. The van der Waals surface area contributed by atoms with Gasteiger partial charge in [0, 0.05) is 30.4 Å². The molecule has 0 atom stereocenters. The van der Waals surface area contributed by atoms with E-state index in [4.69, 9.17) is 0 Å². The van der Waals surface area contributed by atoms with Crippen molar-refractivity contribution in [3.63, 3.8) is 0 Å². The van der Waals surface area contributed by atoms with Crippen LogP contribution in [0.3, 0.4) is 0 Å². The lowest BCUT2D eigenvalue weighted by Crippen LogP contribution is -2.42. The van der Waals surface area contributed by atoms with Gasteiger partial charge in [0.15, 0.2) is 0 Å². The number of rotatable bonds is 4. The van der Waals surface area contributed by atoms with E-state index < -0.39 is 11.8 Å². The molecule has 8 heteroatoms. The van der Waals surface area contributed by atoms with Gasteiger partial charge in [-0.1, -0.05) is 24.3 Å². The maximum atomic E-state index is 12.8. The van der Waals surface area contributed by atoms with Gasteiger partial charge in [0.1, 0.15) is 11.4 Å². The first-order chi connectivity index (χ1) is 14.2. The first-order valence-corrected chi connectivity index (χ1v) is 8.79. The van der Waals surface area contributed by atoms with Crippen LogP contribution in [0.25, 0.3) is 16.9 Å². The van der Waals surface area contributed by atoms with Crippen molar-refractivity contribution < 1.29 is 9.59 Å². The van der Waals surface area contributed by atoms with E-state index in [1.165, 1.54) is 6.20 Å². The predicted molar refractivity (Wildman–Crippen MR) is 106 cm³/mol. The minimum atomic E-state index is -0.516. The van der Waals surface area contributed by atoms with E-state index in [0.717, 1.165) is 5.69 Å². The van der Waals surface area contributed by atoms with Crippen LogP contribution < -0.4 is 10.9 Å². The molecule has 29 heavy (non-hydrogen) atoms. The van der Waals surface area contributed by atoms with Crippen LogP contribution in [-0.2, 0) is 0 Å². The van der Waals surface area contributed by atoms with Gasteiger partial charge in [0.2, 0.25) is 0 Å². The molecule has 2 amide bonds. The van der Waals surface area contributed by atoms with E-state index >= 15 is 0 Å². The second-order valence-electron chi connectivity index (χ2n) is 6.04. The summed E-state index contributed by atoms with van der Waals surface area (Å²) in [5.41, 5.74) is 7.21. The van der Waals surface area contributed by atoms with Crippen LogP contribution in [0.5, 0.6) is 0 Å². The third-order valence-electron chi connectivity index (χ3n) is 4.10. The van der Waals surface area contributed by atoms with Gasteiger partial charge in [0.25, 0.3) is 11.8 Å². The van der Waals surface area contributed by atoms with Crippen LogP contribution in [0.2, 0.25) is 0 Å². The topological polar surface area (TPSA) is 102 Å². The molecule has 0 aliphatic carbocycles. The number of hydrogen-bond donors (Lipinski definition) is 2. The zero-order chi connectivity index (χ0) is 20.1. The Morgan fingerprint density at radius 2 is 1.62 bits per heavy atom. The molecular formula is C21H16N6O2. The van der Waals surface area contributed by atoms with E-state index in [-0.39, 0.29) is 5.69 Å². The summed E-state index contributed by atoms with van der Waals surface area (Å²) in [6, 6.07) is 17.9. The fourth-order valence-electron chi connectivity index (χ4n) is 2.71. The predicted octanol–water partition coefficient (Wildman–Crippen LogP) is 2.40. The summed E-state index contributed by atoms with van der Waals surface area (Å²) in [4.78, 5) is 33.0. The average molecular weight is 384 g/mol. The van der Waals surface area contributed by atoms with Crippen LogP contribution >= 0.6 is 0 Å². The standard InChI is InChI=1S/C21H16N6O2/c28-20(24-25-21(29)18-10-4-5-12-23-18)17-14-27(16-8-2-1-3-9-16)26-19(17)15-7-6-11-22-13-15/h1-14H,(H,24,28)(H,25,29). The van der Waals surface area contributed by atoms with Gasteiger partial charge in [-0.2, -0.15) is 5.10 Å².